The van der Waals surface area contributed by atoms with E-state index >= 15 is 0 Å². The summed E-state index contributed by atoms with van der Waals surface area (Å²) in [6.07, 6.45) is 4.08. The summed E-state index contributed by atoms with van der Waals surface area (Å²) in [4.78, 5) is 9.29. The van der Waals surface area contributed by atoms with E-state index in [0.717, 1.165) is 78.9 Å². The van der Waals surface area contributed by atoms with E-state index < -0.39 is 0 Å². The molecule has 6 rings (SSSR count). The quantitative estimate of drug-likeness (QED) is 0.374. The molecular formula is C28H30N4O3. The minimum absolute atomic E-state index is 0.623. The van der Waals surface area contributed by atoms with Gasteiger partial charge in [0.05, 0.1) is 26.0 Å². The number of aromatic amines is 2. The Labute approximate surface area is 204 Å². The molecule has 35 heavy (non-hydrogen) atoms. The molecule has 2 aromatic carbocycles. The van der Waals surface area contributed by atoms with Crippen molar-refractivity contribution in [3.05, 3.63) is 77.7 Å². The molecule has 4 heterocycles. The Hall–Kier alpha value is -3.68. The highest BCUT2D eigenvalue weighted by Gasteiger charge is 2.19. The van der Waals surface area contributed by atoms with Gasteiger partial charge in [0.25, 0.3) is 0 Å². The molecule has 2 aliphatic heterocycles. The van der Waals surface area contributed by atoms with Crippen molar-refractivity contribution in [1.82, 2.24) is 20.2 Å². The fourth-order valence-corrected chi connectivity index (χ4v) is 4.88. The van der Waals surface area contributed by atoms with E-state index in [9.17, 15) is 0 Å². The molecule has 0 bridgehead atoms. The van der Waals surface area contributed by atoms with Gasteiger partial charge in [-0.15, -0.1) is 0 Å². The first-order valence-electron chi connectivity index (χ1n) is 12.1. The molecule has 4 aromatic rings. The Balaban J connectivity index is 1.22. The molecule has 7 nitrogen and oxygen atoms in total. The van der Waals surface area contributed by atoms with Crippen molar-refractivity contribution < 1.29 is 14.2 Å². The predicted octanol–water partition coefficient (Wildman–Crippen LogP) is 4.38. The third kappa shape index (κ3) is 4.40. The number of hydrogen-bond donors (Lipinski definition) is 3. The van der Waals surface area contributed by atoms with E-state index in [2.05, 4.69) is 62.8 Å². The van der Waals surface area contributed by atoms with Gasteiger partial charge in [0.2, 0.25) is 0 Å². The second-order valence-electron chi connectivity index (χ2n) is 8.97. The van der Waals surface area contributed by atoms with Crippen LogP contribution in [0.2, 0.25) is 0 Å². The van der Waals surface area contributed by atoms with Gasteiger partial charge in [-0.2, -0.15) is 0 Å². The number of fused-ring (bicyclic) bond motifs is 2. The maximum atomic E-state index is 6.07. The van der Waals surface area contributed by atoms with Gasteiger partial charge in [-0.05, 0) is 59.0 Å². The molecule has 0 saturated carbocycles. The minimum atomic E-state index is 0.623. The summed E-state index contributed by atoms with van der Waals surface area (Å²) in [5.74, 6) is 1.51. The summed E-state index contributed by atoms with van der Waals surface area (Å²) in [6, 6.07) is 17.0. The summed E-state index contributed by atoms with van der Waals surface area (Å²) < 4.78 is 17.2. The highest BCUT2D eigenvalue weighted by molar-refractivity contribution is 5.89. The van der Waals surface area contributed by atoms with Crippen LogP contribution in [-0.4, -0.2) is 61.4 Å². The second-order valence-corrected chi connectivity index (χ2v) is 8.97. The normalized spacial score (nSPS) is 16.0. The van der Waals surface area contributed by atoms with Gasteiger partial charge in [0.1, 0.15) is 6.61 Å². The van der Waals surface area contributed by atoms with Crippen LogP contribution in [0.3, 0.4) is 0 Å². The van der Waals surface area contributed by atoms with Crippen LogP contribution in [0.25, 0.3) is 27.7 Å². The van der Waals surface area contributed by atoms with Crippen LogP contribution < -0.4 is 14.8 Å². The zero-order valence-electron chi connectivity index (χ0n) is 19.9. The molecule has 2 aliphatic rings. The highest BCUT2D eigenvalue weighted by Crippen LogP contribution is 2.36. The fourth-order valence-electron chi connectivity index (χ4n) is 4.88. The second kappa shape index (κ2) is 9.52. The first kappa shape index (κ1) is 21.8. The Morgan fingerprint density at radius 2 is 1.86 bits per heavy atom. The Bertz CT molecular complexity index is 1360. The predicted molar refractivity (Wildman–Crippen MR) is 138 cm³/mol. The molecule has 3 N–H and O–H groups in total. The number of methoxy groups -OCH3 is 1. The first-order valence-corrected chi connectivity index (χ1v) is 12.1. The lowest BCUT2D eigenvalue weighted by molar-refractivity contribution is 0.0321. The molecule has 0 atom stereocenters. The van der Waals surface area contributed by atoms with Crippen LogP contribution in [-0.2, 0) is 11.3 Å². The SMILES string of the molecule is COc1cc(-c2cc3c([nH]2)C(c2ccc4[nH]ccc4c2)=CNC3)ccc1OCCN1CCOCC1. The molecule has 2 aromatic heterocycles. The summed E-state index contributed by atoms with van der Waals surface area (Å²) in [5.41, 5.74) is 8.01. The maximum Gasteiger partial charge on any atom is 0.161 e. The molecule has 0 unspecified atom stereocenters. The van der Waals surface area contributed by atoms with E-state index in [0.29, 0.717) is 6.61 Å². The average Bonchev–Trinajstić information content (AvgIpc) is 3.56. The number of nitrogens with zero attached hydrogens (tertiary/aromatic N) is 1. The lowest BCUT2D eigenvalue weighted by Crippen LogP contribution is -2.38. The van der Waals surface area contributed by atoms with Gasteiger partial charge >= 0.3 is 0 Å². The number of nitrogens with one attached hydrogen (secondary N) is 3. The number of morpholine rings is 1. The third-order valence-electron chi connectivity index (χ3n) is 6.82. The van der Waals surface area contributed by atoms with Crippen molar-refractivity contribution in [2.45, 2.75) is 6.54 Å². The van der Waals surface area contributed by atoms with Gasteiger partial charge in [-0.25, -0.2) is 0 Å². The zero-order valence-corrected chi connectivity index (χ0v) is 19.9. The van der Waals surface area contributed by atoms with E-state index in [1.807, 2.05) is 18.3 Å². The molecule has 180 valence electrons. The maximum absolute atomic E-state index is 6.07. The monoisotopic (exact) mass is 470 g/mol. The molecule has 0 amide bonds. The van der Waals surface area contributed by atoms with Gasteiger partial charge in [-0.1, -0.05) is 6.07 Å². The van der Waals surface area contributed by atoms with E-state index in [1.54, 1.807) is 7.11 Å². The first-order chi connectivity index (χ1) is 17.3. The van der Waals surface area contributed by atoms with Gasteiger partial charge in [0, 0.05) is 60.9 Å². The van der Waals surface area contributed by atoms with Crippen LogP contribution >= 0.6 is 0 Å². The lowest BCUT2D eigenvalue weighted by Gasteiger charge is -2.26. The Kier molecular flexibility index (Phi) is 5.94. The molecule has 1 fully saturated rings. The molecule has 0 aliphatic carbocycles. The third-order valence-corrected chi connectivity index (χ3v) is 6.82. The zero-order chi connectivity index (χ0) is 23.6. The van der Waals surface area contributed by atoms with Gasteiger partial charge in [-0.3, -0.25) is 4.90 Å². The topological polar surface area (TPSA) is 74.5 Å². The summed E-state index contributed by atoms with van der Waals surface area (Å²) in [6.45, 7) is 5.81. The van der Waals surface area contributed by atoms with Gasteiger partial charge < -0.3 is 29.5 Å². The van der Waals surface area contributed by atoms with Crippen molar-refractivity contribution in [1.29, 1.82) is 0 Å². The molecule has 0 radical (unpaired) electrons. The summed E-state index contributed by atoms with van der Waals surface area (Å²) >= 11 is 0. The van der Waals surface area contributed by atoms with Crippen LogP contribution in [0.5, 0.6) is 11.5 Å². The smallest absolute Gasteiger partial charge is 0.161 e. The minimum Gasteiger partial charge on any atom is -0.493 e. The standard InChI is InChI=1S/C28H30N4O3/c1-33-27-16-20(3-5-26(27)35-13-10-32-8-11-34-12-9-32)25-15-22-17-29-18-23(28(22)31-25)19-2-4-24-21(14-19)6-7-30-24/h2-7,14-16,18,29-31H,8-13,17H2,1H3. The van der Waals surface area contributed by atoms with Crippen molar-refractivity contribution in [3.8, 4) is 22.8 Å². The van der Waals surface area contributed by atoms with E-state index in [1.165, 1.54) is 16.5 Å². The molecule has 7 heteroatoms. The van der Waals surface area contributed by atoms with Crippen molar-refractivity contribution in [2.75, 3.05) is 46.6 Å². The number of H-pyrrole nitrogens is 2. The van der Waals surface area contributed by atoms with Gasteiger partial charge in [0.15, 0.2) is 11.5 Å². The van der Waals surface area contributed by atoms with Crippen molar-refractivity contribution >= 4 is 16.5 Å². The Morgan fingerprint density at radius 3 is 2.74 bits per heavy atom. The summed E-state index contributed by atoms with van der Waals surface area (Å²) in [7, 11) is 1.69. The number of benzene rings is 2. The lowest BCUT2D eigenvalue weighted by atomic mass is 9.98. The van der Waals surface area contributed by atoms with Crippen LogP contribution in [0.15, 0.2) is 60.9 Å². The largest absolute Gasteiger partial charge is 0.493 e. The van der Waals surface area contributed by atoms with Crippen LogP contribution in [0, 0.1) is 0 Å². The van der Waals surface area contributed by atoms with Crippen LogP contribution in [0.4, 0.5) is 0 Å². The molecule has 1 saturated heterocycles. The van der Waals surface area contributed by atoms with Crippen LogP contribution in [0.1, 0.15) is 16.8 Å². The highest BCUT2D eigenvalue weighted by atomic mass is 16.5. The number of hydrogen-bond acceptors (Lipinski definition) is 5. The number of aromatic nitrogens is 2. The van der Waals surface area contributed by atoms with E-state index in [4.69, 9.17) is 14.2 Å². The molecule has 0 spiro atoms. The van der Waals surface area contributed by atoms with Crippen molar-refractivity contribution in [2.24, 2.45) is 0 Å². The fraction of sp³-hybridized carbons (Fsp3) is 0.286. The number of rotatable bonds is 7. The average molecular weight is 471 g/mol. The summed E-state index contributed by atoms with van der Waals surface area (Å²) in [5, 5.41) is 4.64. The van der Waals surface area contributed by atoms with E-state index in [-0.39, 0.29) is 0 Å². The number of ether oxygens (including phenoxy) is 3. The van der Waals surface area contributed by atoms with Crippen molar-refractivity contribution in [3.63, 3.8) is 0 Å². The molecular weight excluding hydrogens is 440 g/mol. The Morgan fingerprint density at radius 1 is 0.971 bits per heavy atom.